The molecule has 0 bridgehead atoms. The van der Waals surface area contributed by atoms with Crippen LogP contribution in [0.25, 0.3) is 0 Å². The summed E-state index contributed by atoms with van der Waals surface area (Å²) in [6.45, 7) is 1.27. The minimum atomic E-state index is 0.316. The van der Waals surface area contributed by atoms with Crippen LogP contribution in [0.3, 0.4) is 0 Å². The monoisotopic (exact) mass is 144 g/mol. The topological polar surface area (TPSA) is 65.2 Å². The van der Waals surface area contributed by atoms with Gasteiger partial charge in [-0.05, 0) is 4.68 Å². The molecule has 0 spiro atoms. The van der Waals surface area contributed by atoms with Gasteiger partial charge in [0.05, 0.1) is 0 Å². The summed E-state index contributed by atoms with van der Waals surface area (Å²) in [7, 11) is 1.63. The summed E-state index contributed by atoms with van der Waals surface area (Å²) in [5.74, 6) is 0.316. The highest BCUT2D eigenvalue weighted by Gasteiger charge is 2.06. The smallest absolute Gasteiger partial charge is 0.293 e. The average Bonchev–Trinajstić information content (AvgIpc) is 2.31. The van der Waals surface area contributed by atoms with Gasteiger partial charge in [-0.3, -0.25) is 4.52 Å². The Hall–Kier alpha value is -1.10. The Balaban J connectivity index is 2.42. The zero-order chi connectivity index (χ0) is 7.40. The summed E-state index contributed by atoms with van der Waals surface area (Å²) in [6, 6.07) is 0. The number of methoxy groups -OCH3 is 1. The molecule has 1 aromatic heterocycles. The predicted molar refractivity (Wildman–Crippen MR) is 33.0 cm³/mol. The molecule has 0 saturated carbocycles. The van der Waals surface area contributed by atoms with E-state index in [1.54, 1.807) is 18.0 Å². The van der Waals surface area contributed by atoms with Crippen molar-refractivity contribution in [1.82, 2.24) is 5.27 Å². The first-order valence-corrected chi connectivity index (χ1v) is 2.94. The zero-order valence-corrected chi connectivity index (χ0v) is 5.78. The molecule has 0 aliphatic heterocycles. The van der Waals surface area contributed by atoms with Gasteiger partial charge in [0.15, 0.2) is 0 Å². The van der Waals surface area contributed by atoms with E-state index in [-0.39, 0.29) is 0 Å². The largest absolute Gasteiger partial charge is 0.378 e. The summed E-state index contributed by atoms with van der Waals surface area (Å²) in [4.78, 5) is 0. The highest BCUT2D eigenvalue weighted by Crippen LogP contribution is 1.89. The van der Waals surface area contributed by atoms with Crippen LogP contribution >= 0.6 is 0 Å². The van der Waals surface area contributed by atoms with Crippen LogP contribution in [0.1, 0.15) is 0 Å². The number of rotatable bonds is 3. The first-order chi connectivity index (χ1) is 4.83. The van der Waals surface area contributed by atoms with Crippen LogP contribution in [-0.4, -0.2) is 19.0 Å². The SMILES string of the molecule is COCC[n+]1cc(N)on1. The molecular weight excluding hydrogens is 134 g/mol. The molecule has 0 atom stereocenters. The number of anilines is 1. The molecule has 0 aliphatic carbocycles. The molecule has 56 valence electrons. The van der Waals surface area contributed by atoms with Gasteiger partial charge >= 0.3 is 0 Å². The van der Waals surface area contributed by atoms with Crippen LogP contribution in [0.4, 0.5) is 5.88 Å². The van der Waals surface area contributed by atoms with Gasteiger partial charge in [0.2, 0.25) is 11.8 Å². The molecule has 10 heavy (non-hydrogen) atoms. The van der Waals surface area contributed by atoms with Crippen molar-refractivity contribution in [2.45, 2.75) is 6.54 Å². The lowest BCUT2D eigenvalue weighted by atomic mass is 10.7. The van der Waals surface area contributed by atoms with Crippen LogP contribution in [0.5, 0.6) is 0 Å². The first kappa shape index (κ1) is 7.01. The van der Waals surface area contributed by atoms with E-state index in [9.17, 15) is 0 Å². The summed E-state index contributed by atoms with van der Waals surface area (Å²) >= 11 is 0. The molecule has 0 aliphatic rings. The van der Waals surface area contributed by atoms with E-state index in [0.717, 1.165) is 0 Å². The number of aromatic nitrogens is 2. The Morgan fingerprint density at radius 1 is 1.90 bits per heavy atom. The average molecular weight is 144 g/mol. The third-order valence-electron chi connectivity index (χ3n) is 1.05. The Bertz CT molecular complexity index is 199. The Labute approximate surface area is 58.3 Å². The van der Waals surface area contributed by atoms with E-state index in [0.29, 0.717) is 19.0 Å². The minimum absolute atomic E-state index is 0.316. The number of nitrogen functional groups attached to an aromatic ring is 1. The van der Waals surface area contributed by atoms with E-state index in [1.165, 1.54) is 0 Å². The predicted octanol–water partition coefficient (Wildman–Crippen LogP) is -0.809. The number of hydrogen-bond acceptors (Lipinski definition) is 4. The van der Waals surface area contributed by atoms with E-state index in [4.69, 9.17) is 10.5 Å². The van der Waals surface area contributed by atoms with Crippen LogP contribution in [0.15, 0.2) is 10.7 Å². The van der Waals surface area contributed by atoms with E-state index in [1.807, 2.05) is 0 Å². The van der Waals surface area contributed by atoms with Crippen molar-refractivity contribution in [2.75, 3.05) is 19.5 Å². The van der Waals surface area contributed by atoms with Crippen LogP contribution < -0.4 is 10.4 Å². The lowest BCUT2D eigenvalue weighted by molar-refractivity contribution is -0.763. The van der Waals surface area contributed by atoms with Gasteiger partial charge in [0.25, 0.3) is 12.1 Å². The first-order valence-electron chi connectivity index (χ1n) is 2.94. The lowest BCUT2D eigenvalue weighted by Crippen LogP contribution is -2.36. The molecule has 0 radical (unpaired) electrons. The summed E-state index contributed by atoms with van der Waals surface area (Å²) in [5.41, 5.74) is 5.26. The maximum absolute atomic E-state index is 5.26. The standard InChI is InChI=1S/C5H10N3O2/c1-9-3-2-8-4-5(6)10-7-8/h4H,2-3,6H2,1H3/q+1. The molecule has 1 aromatic rings. The van der Waals surface area contributed by atoms with Crippen molar-refractivity contribution >= 4 is 5.88 Å². The fraction of sp³-hybridized carbons (Fsp3) is 0.600. The molecule has 0 saturated heterocycles. The van der Waals surface area contributed by atoms with Crippen molar-refractivity contribution < 1.29 is 13.9 Å². The molecule has 2 N–H and O–H groups in total. The molecule has 5 nitrogen and oxygen atoms in total. The van der Waals surface area contributed by atoms with E-state index in [2.05, 4.69) is 9.79 Å². The summed E-state index contributed by atoms with van der Waals surface area (Å²) in [6.07, 6.45) is 1.61. The molecule has 0 unspecified atom stereocenters. The van der Waals surface area contributed by atoms with Crippen molar-refractivity contribution in [3.8, 4) is 0 Å². The minimum Gasteiger partial charge on any atom is -0.378 e. The second kappa shape index (κ2) is 3.17. The van der Waals surface area contributed by atoms with E-state index >= 15 is 0 Å². The van der Waals surface area contributed by atoms with Gasteiger partial charge in [-0.1, -0.05) is 0 Å². The fourth-order valence-electron chi connectivity index (χ4n) is 0.584. The van der Waals surface area contributed by atoms with Crippen molar-refractivity contribution in [3.63, 3.8) is 0 Å². The van der Waals surface area contributed by atoms with Crippen molar-refractivity contribution in [1.29, 1.82) is 0 Å². The quantitative estimate of drug-likeness (QED) is 0.563. The zero-order valence-electron chi connectivity index (χ0n) is 5.78. The van der Waals surface area contributed by atoms with Gasteiger partial charge in [0.1, 0.15) is 6.61 Å². The summed E-state index contributed by atoms with van der Waals surface area (Å²) in [5, 5.41) is 3.59. The van der Waals surface area contributed by atoms with Gasteiger partial charge in [-0.15, -0.1) is 0 Å². The van der Waals surface area contributed by atoms with Crippen LogP contribution in [-0.2, 0) is 11.3 Å². The third-order valence-corrected chi connectivity index (χ3v) is 1.05. The van der Waals surface area contributed by atoms with Gasteiger partial charge < -0.3 is 10.5 Å². The highest BCUT2D eigenvalue weighted by atomic mass is 16.5. The molecular formula is C5H10N3O2+. The second-order valence-corrected chi connectivity index (χ2v) is 1.86. The van der Waals surface area contributed by atoms with Gasteiger partial charge in [0, 0.05) is 7.11 Å². The highest BCUT2D eigenvalue weighted by molar-refractivity contribution is 5.11. The molecule has 5 heteroatoms. The van der Waals surface area contributed by atoms with Crippen LogP contribution in [0, 0.1) is 0 Å². The normalized spacial score (nSPS) is 10.1. The summed E-state index contributed by atoms with van der Waals surface area (Å²) < 4.78 is 11.0. The Morgan fingerprint density at radius 2 is 2.70 bits per heavy atom. The molecule has 0 fully saturated rings. The van der Waals surface area contributed by atoms with E-state index < -0.39 is 0 Å². The lowest BCUT2D eigenvalue weighted by Gasteiger charge is -1.85. The number of nitrogens with two attached hydrogens (primary N) is 1. The maximum atomic E-state index is 5.26. The second-order valence-electron chi connectivity index (χ2n) is 1.86. The van der Waals surface area contributed by atoms with Crippen LogP contribution in [0.2, 0.25) is 0 Å². The number of nitrogens with zero attached hydrogens (tertiary/aromatic N) is 2. The fourth-order valence-corrected chi connectivity index (χ4v) is 0.584. The molecule has 0 amide bonds. The Morgan fingerprint density at radius 3 is 3.20 bits per heavy atom. The Kier molecular flexibility index (Phi) is 2.22. The van der Waals surface area contributed by atoms with Gasteiger partial charge in [-0.2, -0.15) is 0 Å². The molecule has 0 aromatic carbocycles. The van der Waals surface area contributed by atoms with Crippen molar-refractivity contribution in [3.05, 3.63) is 6.20 Å². The third kappa shape index (κ3) is 1.70. The molecule has 1 rings (SSSR count). The van der Waals surface area contributed by atoms with Crippen molar-refractivity contribution in [2.24, 2.45) is 0 Å². The maximum Gasteiger partial charge on any atom is 0.293 e. The van der Waals surface area contributed by atoms with Gasteiger partial charge in [-0.25, -0.2) is 0 Å². The number of hydrogen-bond donors (Lipinski definition) is 1. The molecule has 1 heterocycles. The number of ether oxygens (including phenoxy) is 1.